The van der Waals surface area contributed by atoms with E-state index in [4.69, 9.17) is 14.7 Å². The molecule has 0 saturated carbocycles. The number of methoxy groups -OCH3 is 2. The third kappa shape index (κ3) is 2.97. The molecule has 0 heterocycles. The number of nitriles is 1. The predicted octanol–water partition coefficient (Wildman–Crippen LogP) is 1.12. The lowest BCUT2D eigenvalue weighted by Gasteiger charge is -2.08. The predicted molar refractivity (Wildman–Crippen MR) is 55.2 cm³/mol. The maximum absolute atomic E-state index is 11.2. The van der Waals surface area contributed by atoms with Crippen molar-refractivity contribution < 1.29 is 19.0 Å². The van der Waals surface area contributed by atoms with Crippen molar-refractivity contribution in [3.05, 3.63) is 23.8 Å². The molecule has 0 radical (unpaired) electrons. The zero-order chi connectivity index (χ0) is 12.0. The van der Waals surface area contributed by atoms with Gasteiger partial charge in [0.05, 0.1) is 18.7 Å². The maximum atomic E-state index is 11.2. The minimum Gasteiger partial charge on any atom is -0.493 e. The Hall–Kier alpha value is -2.06. The van der Waals surface area contributed by atoms with Crippen LogP contribution in [-0.2, 0) is 9.53 Å². The minimum absolute atomic E-state index is 0.136. The minimum atomic E-state index is -0.523. The summed E-state index contributed by atoms with van der Waals surface area (Å²) in [6, 6.07) is 6.50. The van der Waals surface area contributed by atoms with E-state index >= 15 is 0 Å². The molecular formula is C11H11NO4. The van der Waals surface area contributed by atoms with Crippen LogP contribution in [0.1, 0.15) is 5.56 Å². The highest BCUT2D eigenvalue weighted by Crippen LogP contribution is 2.27. The number of benzene rings is 1. The van der Waals surface area contributed by atoms with Crippen molar-refractivity contribution in [3.63, 3.8) is 0 Å². The monoisotopic (exact) mass is 221 g/mol. The topological polar surface area (TPSA) is 68.5 Å². The molecule has 0 aromatic heterocycles. The van der Waals surface area contributed by atoms with E-state index in [-0.39, 0.29) is 12.4 Å². The Bertz CT molecular complexity index is 422. The third-order valence-corrected chi connectivity index (χ3v) is 1.78. The van der Waals surface area contributed by atoms with E-state index in [0.29, 0.717) is 11.3 Å². The third-order valence-electron chi connectivity index (χ3n) is 1.78. The van der Waals surface area contributed by atoms with Gasteiger partial charge in [-0.3, -0.25) is 0 Å². The fourth-order valence-electron chi connectivity index (χ4n) is 1.09. The smallest absolute Gasteiger partial charge is 0.337 e. The normalized spacial score (nSPS) is 9.31. The number of hydrogen-bond donors (Lipinski definition) is 0. The molecule has 1 aromatic carbocycles. The molecule has 1 aromatic rings. The van der Waals surface area contributed by atoms with E-state index in [9.17, 15) is 4.79 Å². The summed E-state index contributed by atoms with van der Waals surface area (Å²) in [7, 11) is 2.83. The Morgan fingerprint density at radius 3 is 2.69 bits per heavy atom. The van der Waals surface area contributed by atoms with Crippen molar-refractivity contribution >= 4 is 5.97 Å². The molecule has 0 spiro atoms. The highest BCUT2D eigenvalue weighted by atomic mass is 16.6. The maximum Gasteiger partial charge on any atom is 0.337 e. The second-order valence-electron chi connectivity index (χ2n) is 2.88. The van der Waals surface area contributed by atoms with E-state index in [1.54, 1.807) is 0 Å². The molecular weight excluding hydrogens is 210 g/mol. The van der Waals surface area contributed by atoms with Gasteiger partial charge in [0.25, 0.3) is 0 Å². The van der Waals surface area contributed by atoms with Crippen molar-refractivity contribution in [2.24, 2.45) is 0 Å². The summed E-state index contributed by atoms with van der Waals surface area (Å²) in [5, 5.41) is 8.68. The quantitative estimate of drug-likeness (QED) is 0.563. The molecule has 84 valence electrons. The van der Waals surface area contributed by atoms with Crippen LogP contribution in [0.4, 0.5) is 0 Å². The molecule has 16 heavy (non-hydrogen) atoms. The van der Waals surface area contributed by atoms with Gasteiger partial charge < -0.3 is 14.2 Å². The molecule has 0 unspecified atom stereocenters. The van der Waals surface area contributed by atoms with Crippen molar-refractivity contribution in [3.8, 4) is 17.6 Å². The highest BCUT2D eigenvalue weighted by molar-refractivity contribution is 5.74. The van der Waals surface area contributed by atoms with E-state index < -0.39 is 5.97 Å². The fourth-order valence-corrected chi connectivity index (χ4v) is 1.09. The number of ether oxygens (including phenoxy) is 3. The van der Waals surface area contributed by atoms with Gasteiger partial charge in [-0.1, -0.05) is 0 Å². The van der Waals surface area contributed by atoms with E-state index in [1.165, 1.54) is 32.4 Å². The number of esters is 1. The van der Waals surface area contributed by atoms with Crippen LogP contribution in [0.25, 0.3) is 0 Å². The van der Waals surface area contributed by atoms with Crippen molar-refractivity contribution in [2.45, 2.75) is 0 Å². The van der Waals surface area contributed by atoms with Crippen molar-refractivity contribution in [1.82, 2.24) is 0 Å². The first-order chi connectivity index (χ1) is 7.71. The average molecular weight is 221 g/mol. The van der Waals surface area contributed by atoms with Gasteiger partial charge in [-0.25, -0.2) is 4.79 Å². The van der Waals surface area contributed by atoms with Gasteiger partial charge in [0.2, 0.25) is 0 Å². The molecule has 0 saturated heterocycles. The van der Waals surface area contributed by atoms with Gasteiger partial charge in [-0.15, -0.1) is 0 Å². The molecule has 0 aliphatic carbocycles. The van der Waals surface area contributed by atoms with Crippen molar-refractivity contribution in [1.29, 1.82) is 5.26 Å². The van der Waals surface area contributed by atoms with E-state index in [1.807, 2.05) is 6.07 Å². The number of nitrogens with zero attached hydrogens (tertiary/aromatic N) is 1. The summed E-state index contributed by atoms with van der Waals surface area (Å²) in [6.45, 7) is -0.136. The Labute approximate surface area is 93.2 Å². The van der Waals surface area contributed by atoms with E-state index in [0.717, 1.165) is 0 Å². The Kier molecular flexibility index (Phi) is 4.30. The van der Waals surface area contributed by atoms with Crippen LogP contribution in [0.5, 0.6) is 11.5 Å². The zero-order valence-corrected chi connectivity index (χ0v) is 9.02. The fraction of sp³-hybridized carbons (Fsp3) is 0.273. The SMILES string of the molecule is COCC(=O)Oc1ccc(C#N)cc1OC. The molecule has 1 rings (SSSR count). The second-order valence-corrected chi connectivity index (χ2v) is 2.88. The molecule has 0 aliphatic heterocycles. The summed E-state index contributed by atoms with van der Waals surface area (Å²) in [4.78, 5) is 11.2. The first-order valence-electron chi connectivity index (χ1n) is 4.49. The average Bonchev–Trinajstić information content (AvgIpc) is 2.30. The lowest BCUT2D eigenvalue weighted by Crippen LogP contribution is -2.14. The first-order valence-corrected chi connectivity index (χ1v) is 4.49. The van der Waals surface area contributed by atoms with Gasteiger partial charge >= 0.3 is 5.97 Å². The van der Waals surface area contributed by atoms with Gasteiger partial charge in [-0.2, -0.15) is 5.26 Å². The summed E-state index contributed by atoms with van der Waals surface area (Å²) in [5.74, 6) is 0.0811. The van der Waals surface area contributed by atoms with Crippen LogP contribution >= 0.6 is 0 Å². The Morgan fingerprint density at radius 2 is 2.12 bits per heavy atom. The summed E-state index contributed by atoms with van der Waals surface area (Å²) >= 11 is 0. The molecule has 0 fully saturated rings. The summed E-state index contributed by atoms with van der Waals surface area (Å²) in [6.07, 6.45) is 0. The number of carbonyl (C=O) groups is 1. The molecule has 0 aliphatic rings. The Balaban J connectivity index is 2.88. The van der Waals surface area contributed by atoms with Crippen LogP contribution in [0.3, 0.4) is 0 Å². The van der Waals surface area contributed by atoms with Crippen LogP contribution in [-0.4, -0.2) is 26.8 Å². The van der Waals surface area contributed by atoms with Crippen LogP contribution < -0.4 is 9.47 Å². The summed E-state index contributed by atoms with van der Waals surface area (Å²) in [5.41, 5.74) is 0.434. The van der Waals surface area contributed by atoms with Gasteiger partial charge in [0, 0.05) is 13.2 Å². The molecule has 0 N–H and O–H groups in total. The molecule has 5 nitrogen and oxygen atoms in total. The largest absolute Gasteiger partial charge is 0.493 e. The first kappa shape index (κ1) is 12.0. The standard InChI is InChI=1S/C11H11NO4/c1-14-7-11(13)16-9-4-3-8(6-12)5-10(9)15-2/h3-5H,7H2,1-2H3. The van der Waals surface area contributed by atoms with Crippen LogP contribution in [0, 0.1) is 11.3 Å². The van der Waals surface area contributed by atoms with Gasteiger partial charge in [0.15, 0.2) is 11.5 Å². The van der Waals surface area contributed by atoms with Crippen LogP contribution in [0.15, 0.2) is 18.2 Å². The zero-order valence-electron chi connectivity index (χ0n) is 9.02. The second kappa shape index (κ2) is 5.73. The molecule has 5 heteroatoms. The lowest BCUT2D eigenvalue weighted by atomic mass is 10.2. The van der Waals surface area contributed by atoms with Gasteiger partial charge in [0.1, 0.15) is 6.61 Å². The molecule has 0 atom stereocenters. The van der Waals surface area contributed by atoms with Crippen LogP contribution in [0.2, 0.25) is 0 Å². The highest BCUT2D eigenvalue weighted by Gasteiger charge is 2.10. The molecule has 0 amide bonds. The number of hydrogen-bond acceptors (Lipinski definition) is 5. The van der Waals surface area contributed by atoms with E-state index in [2.05, 4.69) is 4.74 Å². The lowest BCUT2D eigenvalue weighted by molar-refractivity contribution is -0.138. The van der Waals surface area contributed by atoms with Crippen molar-refractivity contribution in [2.75, 3.05) is 20.8 Å². The molecule has 0 bridgehead atoms. The number of carbonyl (C=O) groups excluding carboxylic acids is 1. The number of rotatable bonds is 4. The van der Waals surface area contributed by atoms with Gasteiger partial charge in [-0.05, 0) is 12.1 Å². The summed E-state index contributed by atoms with van der Waals surface area (Å²) < 4.78 is 14.6. The Morgan fingerprint density at radius 1 is 1.38 bits per heavy atom.